The number of benzene rings is 2. The Morgan fingerprint density at radius 2 is 1.83 bits per heavy atom. The summed E-state index contributed by atoms with van der Waals surface area (Å²) in [6.45, 7) is 2.25. The van der Waals surface area contributed by atoms with Gasteiger partial charge < -0.3 is 9.14 Å². The van der Waals surface area contributed by atoms with Crippen molar-refractivity contribution in [2.24, 2.45) is 0 Å². The average molecular weight is 386 g/mol. The zero-order valence-electron chi connectivity index (χ0n) is 15.7. The van der Waals surface area contributed by atoms with Crippen molar-refractivity contribution in [3.05, 3.63) is 99.9 Å². The third-order valence-electron chi connectivity index (χ3n) is 4.77. The van der Waals surface area contributed by atoms with Crippen molar-refractivity contribution in [1.29, 1.82) is 0 Å². The first kappa shape index (κ1) is 18.4. The highest BCUT2D eigenvalue weighted by Crippen LogP contribution is 2.37. The van der Waals surface area contributed by atoms with Gasteiger partial charge in [-0.15, -0.1) is 0 Å². The summed E-state index contributed by atoms with van der Waals surface area (Å²) in [5.74, 6) is 0.482. The molecule has 6 heteroatoms. The summed E-state index contributed by atoms with van der Waals surface area (Å²) in [5.41, 5.74) is 4.28. The Labute approximate surface area is 167 Å². The van der Waals surface area contributed by atoms with Gasteiger partial charge in [0.15, 0.2) is 6.29 Å². The lowest BCUT2D eigenvalue weighted by Gasteiger charge is -2.12. The molecule has 0 saturated heterocycles. The number of rotatable bonds is 6. The molecule has 2 aromatic heterocycles. The van der Waals surface area contributed by atoms with Crippen LogP contribution in [-0.4, -0.2) is 15.6 Å². The van der Waals surface area contributed by atoms with E-state index in [1.54, 1.807) is 10.5 Å². The van der Waals surface area contributed by atoms with Gasteiger partial charge in [0.05, 0.1) is 10.6 Å². The van der Waals surface area contributed by atoms with Crippen LogP contribution in [0.3, 0.4) is 0 Å². The lowest BCUT2D eigenvalue weighted by atomic mass is 10.0. The van der Waals surface area contributed by atoms with E-state index < -0.39 is 4.92 Å². The maximum Gasteiger partial charge on any atom is 0.270 e. The summed E-state index contributed by atoms with van der Waals surface area (Å²) >= 11 is 0. The van der Waals surface area contributed by atoms with Crippen LogP contribution in [0.5, 0.6) is 5.75 Å². The van der Waals surface area contributed by atoms with Crippen molar-refractivity contribution in [1.82, 2.24) is 4.40 Å². The predicted molar refractivity (Wildman–Crippen MR) is 110 cm³/mol. The maximum absolute atomic E-state index is 11.9. The molecular formula is C23H18N2O4. The number of aromatic nitrogens is 1. The zero-order valence-corrected chi connectivity index (χ0v) is 15.7. The van der Waals surface area contributed by atoms with E-state index in [0.29, 0.717) is 29.2 Å². The van der Waals surface area contributed by atoms with Crippen LogP contribution in [-0.2, 0) is 6.61 Å². The van der Waals surface area contributed by atoms with Gasteiger partial charge in [0, 0.05) is 35.0 Å². The van der Waals surface area contributed by atoms with Crippen LogP contribution in [0, 0.1) is 17.0 Å². The summed E-state index contributed by atoms with van der Waals surface area (Å²) < 4.78 is 7.77. The molecule has 2 heterocycles. The van der Waals surface area contributed by atoms with Gasteiger partial charge in [-0.25, -0.2) is 0 Å². The molecule has 144 valence electrons. The number of hydrogen-bond donors (Lipinski definition) is 0. The molecule has 0 saturated carbocycles. The van der Waals surface area contributed by atoms with E-state index in [1.165, 1.54) is 12.1 Å². The monoisotopic (exact) mass is 386 g/mol. The molecular weight excluding hydrogens is 368 g/mol. The minimum atomic E-state index is -0.453. The number of hydrogen-bond acceptors (Lipinski definition) is 4. The number of pyridine rings is 1. The summed E-state index contributed by atoms with van der Waals surface area (Å²) in [7, 11) is 0. The molecule has 2 aromatic carbocycles. The van der Waals surface area contributed by atoms with Gasteiger partial charge in [-0.2, -0.15) is 0 Å². The molecule has 0 N–H and O–H groups in total. The molecule has 6 nitrogen and oxygen atoms in total. The van der Waals surface area contributed by atoms with Gasteiger partial charge in [0.25, 0.3) is 5.69 Å². The topological polar surface area (TPSA) is 73.8 Å². The van der Waals surface area contributed by atoms with Crippen LogP contribution in [0.25, 0.3) is 16.6 Å². The predicted octanol–water partition coefficient (Wildman–Crippen LogP) is 5.21. The molecule has 0 unspecified atom stereocenters. The van der Waals surface area contributed by atoms with Gasteiger partial charge in [-0.05, 0) is 36.2 Å². The Morgan fingerprint density at radius 1 is 1.03 bits per heavy atom. The lowest BCUT2D eigenvalue weighted by molar-refractivity contribution is -0.384. The number of nitro groups is 1. The molecule has 0 bridgehead atoms. The number of ether oxygens (including phenoxy) is 1. The first-order valence-electron chi connectivity index (χ1n) is 9.09. The second kappa shape index (κ2) is 7.59. The summed E-state index contributed by atoms with van der Waals surface area (Å²) in [5, 5.41) is 11.3. The minimum Gasteiger partial charge on any atom is -0.488 e. The highest BCUT2D eigenvalue weighted by molar-refractivity contribution is 5.92. The third kappa shape index (κ3) is 3.60. The first-order valence-corrected chi connectivity index (χ1v) is 9.09. The molecule has 0 radical (unpaired) electrons. The normalized spacial score (nSPS) is 10.8. The number of non-ortho nitro benzene ring substituents is 1. The molecule has 4 aromatic rings. The third-order valence-corrected chi connectivity index (χ3v) is 4.77. The van der Waals surface area contributed by atoms with Crippen LogP contribution >= 0.6 is 0 Å². The maximum atomic E-state index is 11.9. The average Bonchev–Trinajstić information content (AvgIpc) is 3.10. The van der Waals surface area contributed by atoms with Crippen molar-refractivity contribution in [2.45, 2.75) is 13.5 Å². The Balaban J connectivity index is 1.85. The lowest BCUT2D eigenvalue weighted by Crippen LogP contribution is -1.99. The minimum absolute atomic E-state index is 0.0599. The summed E-state index contributed by atoms with van der Waals surface area (Å²) in [6, 6.07) is 19.8. The smallest absolute Gasteiger partial charge is 0.270 e. The van der Waals surface area contributed by atoms with E-state index in [2.05, 4.69) is 0 Å². The second-order valence-electron chi connectivity index (χ2n) is 6.77. The van der Waals surface area contributed by atoms with Gasteiger partial charge in [0.2, 0.25) is 0 Å². The van der Waals surface area contributed by atoms with E-state index in [-0.39, 0.29) is 5.69 Å². The fraction of sp³-hybridized carbons (Fsp3) is 0.0870. The molecule has 29 heavy (non-hydrogen) atoms. The van der Waals surface area contributed by atoms with E-state index in [9.17, 15) is 14.9 Å². The largest absolute Gasteiger partial charge is 0.488 e. The van der Waals surface area contributed by atoms with Crippen LogP contribution in [0.4, 0.5) is 5.69 Å². The molecule has 0 atom stereocenters. The van der Waals surface area contributed by atoms with Crippen LogP contribution < -0.4 is 4.74 Å². The zero-order chi connectivity index (χ0) is 20.4. The summed E-state index contributed by atoms with van der Waals surface area (Å²) in [4.78, 5) is 22.8. The van der Waals surface area contributed by atoms with Gasteiger partial charge in [0.1, 0.15) is 12.4 Å². The number of fused-ring (bicyclic) bond motifs is 1. The highest BCUT2D eigenvalue weighted by Gasteiger charge is 2.19. The Morgan fingerprint density at radius 3 is 2.55 bits per heavy atom. The van der Waals surface area contributed by atoms with Crippen molar-refractivity contribution >= 4 is 17.5 Å². The van der Waals surface area contributed by atoms with Gasteiger partial charge in [-0.3, -0.25) is 14.9 Å². The highest BCUT2D eigenvalue weighted by atomic mass is 16.6. The van der Waals surface area contributed by atoms with E-state index in [0.717, 1.165) is 22.9 Å². The fourth-order valence-corrected chi connectivity index (χ4v) is 3.34. The molecule has 0 amide bonds. The number of nitrogens with zero attached hydrogens (tertiary/aromatic N) is 2. The molecule has 0 fully saturated rings. The standard InChI is InChI=1S/C23H18N2O4/c1-16-7-8-18-11-20(22(14-26)24(18)13-16)21-12-19(25(27)28)9-10-23(21)29-15-17-5-3-2-4-6-17/h2-14H,15H2,1H3. The van der Waals surface area contributed by atoms with Crippen molar-refractivity contribution < 1.29 is 14.5 Å². The van der Waals surface area contributed by atoms with Crippen molar-refractivity contribution in [2.75, 3.05) is 0 Å². The molecule has 0 aliphatic heterocycles. The fourth-order valence-electron chi connectivity index (χ4n) is 3.34. The van der Waals surface area contributed by atoms with E-state index >= 15 is 0 Å². The van der Waals surface area contributed by atoms with Crippen LogP contribution in [0.15, 0.2) is 72.9 Å². The Hall–Kier alpha value is -3.93. The van der Waals surface area contributed by atoms with E-state index in [1.807, 2.05) is 61.7 Å². The number of nitro benzene ring substituents is 1. The number of aldehydes is 1. The van der Waals surface area contributed by atoms with Crippen molar-refractivity contribution in [3.63, 3.8) is 0 Å². The SMILES string of the molecule is Cc1ccc2cc(-c3cc([N+](=O)[O-])ccc3OCc3ccccc3)c(C=O)n2c1. The number of carbonyl (C=O) groups excluding carboxylic acids is 1. The van der Waals surface area contributed by atoms with Gasteiger partial charge in [-0.1, -0.05) is 36.4 Å². The van der Waals surface area contributed by atoms with Gasteiger partial charge >= 0.3 is 0 Å². The van der Waals surface area contributed by atoms with Crippen molar-refractivity contribution in [3.8, 4) is 16.9 Å². The molecule has 0 aliphatic rings. The molecule has 4 rings (SSSR count). The van der Waals surface area contributed by atoms with E-state index in [4.69, 9.17) is 4.74 Å². The van der Waals surface area contributed by atoms with Crippen LogP contribution in [0.2, 0.25) is 0 Å². The molecule has 0 spiro atoms. The Kier molecular flexibility index (Phi) is 4.83. The number of aryl methyl sites for hydroxylation is 1. The summed E-state index contributed by atoms with van der Waals surface area (Å²) in [6.07, 6.45) is 2.63. The number of carbonyl (C=O) groups is 1. The molecule has 0 aliphatic carbocycles. The quantitative estimate of drug-likeness (QED) is 0.259. The Bertz CT molecular complexity index is 1210. The van der Waals surface area contributed by atoms with Crippen LogP contribution in [0.1, 0.15) is 21.6 Å². The second-order valence-corrected chi connectivity index (χ2v) is 6.77. The first-order chi connectivity index (χ1) is 14.1.